The molecule has 77 radical (unpaired) electrons. The lowest BCUT2D eigenvalue weighted by atomic mass is 10.0. The zero-order valence-electron chi connectivity index (χ0n) is 77.2. The summed E-state index contributed by atoms with van der Waals surface area (Å²) in [5.41, 5.74) is -1.06. The zero-order valence-corrected chi connectivity index (χ0v) is 139. The molecule has 0 aromatic rings. The summed E-state index contributed by atoms with van der Waals surface area (Å²) in [6.45, 7) is -99.5. The lowest BCUT2D eigenvalue weighted by Gasteiger charge is -2.76. The Labute approximate surface area is 965 Å². The number of rotatable bonds is 91. The second-order valence-corrected chi connectivity index (χ2v) is 298. The largest absolute Gasteiger partial charge is 0.439 e. The molecule has 1 aliphatic heterocycles. The van der Waals surface area contributed by atoms with Crippen molar-refractivity contribution in [2.24, 2.45) is 0 Å². The maximum atomic E-state index is 16.2. The molecule has 148 heavy (non-hydrogen) atoms. The first-order valence-electron chi connectivity index (χ1n) is 40.3. The Hall–Kier alpha value is 11.0. The Balaban J connectivity index is 8.83. The summed E-state index contributed by atoms with van der Waals surface area (Å²) in [6.07, 6.45) is 12.4. The van der Waals surface area contributed by atoms with Crippen LogP contribution in [0.2, 0.25) is 51.0 Å². The first-order valence-corrected chi connectivity index (χ1v) is 163. The molecule has 5 atom stereocenters. The van der Waals surface area contributed by atoms with Gasteiger partial charge in [-0.1, -0.05) is 129 Å². The predicted molar refractivity (Wildman–Crippen MR) is 593 cm³/mol. The molecule has 1 heterocycles. The van der Waals surface area contributed by atoms with E-state index in [9.17, 15) is 187 Å². The molecule has 0 spiro atoms. The molecule has 123 heteroatoms. The van der Waals surface area contributed by atoms with Crippen molar-refractivity contribution in [1.29, 1.82) is 0 Å². The first kappa shape index (κ1) is 157. The minimum Gasteiger partial charge on any atom is -0.439 e. The van der Waals surface area contributed by atoms with E-state index in [1.54, 1.807) is 0 Å². The maximum absolute atomic E-state index is 16.2. The van der Waals surface area contributed by atoms with E-state index < -0.39 is 549 Å². The summed E-state index contributed by atoms with van der Waals surface area (Å²) in [7, 11) is -184. The van der Waals surface area contributed by atoms with Crippen LogP contribution in [0.4, 0.5) is 0 Å². The van der Waals surface area contributed by atoms with Crippen LogP contribution < -0.4 is 0 Å². The summed E-state index contributed by atoms with van der Waals surface area (Å²) >= 11 is 0. The van der Waals surface area contributed by atoms with E-state index in [1.165, 1.54) is 13.1 Å². The van der Waals surface area contributed by atoms with Crippen LogP contribution in [0.15, 0.2) is 0 Å². The van der Waals surface area contributed by atoms with Crippen LogP contribution in [0.1, 0.15) is 110 Å². The highest BCUT2D eigenvalue weighted by Crippen LogP contribution is 2.62. The molecule has 0 aromatic heterocycles. The van der Waals surface area contributed by atoms with Gasteiger partial charge in [-0.15, -0.1) is 0 Å². The Bertz CT molecular complexity index is 3350. The van der Waals surface area contributed by atoms with Crippen LogP contribution in [-0.2, 0) is 86.4 Å². The van der Waals surface area contributed by atoms with Crippen LogP contribution in [0.3, 0.4) is 0 Å². The van der Waals surface area contributed by atoms with Gasteiger partial charge in [-0.25, -0.2) is 0 Å². The Kier molecular flexibility index (Phi) is 78.8. The molecule has 1 saturated heterocycles. The van der Waals surface area contributed by atoms with Crippen molar-refractivity contribution in [1.82, 2.24) is 0 Å². The molecular weight excluding hydrogens is 3020 g/mol. The van der Waals surface area contributed by atoms with Crippen LogP contribution in [0.5, 0.6) is 0 Å². The molecule has 0 aliphatic carbocycles. The van der Waals surface area contributed by atoms with Gasteiger partial charge in [-0.2, -0.15) is 0 Å². The lowest BCUT2D eigenvalue weighted by Crippen LogP contribution is -3.21. The third kappa shape index (κ3) is 32.3. The van der Waals surface area contributed by atoms with Gasteiger partial charge < -0.3 is 278 Å². The van der Waals surface area contributed by atoms with E-state index in [0.29, 0.717) is 19.3 Å². The molecule has 1 aliphatic rings. The Morgan fingerprint density at radius 3 is 0.838 bits per heavy atom. The minimum atomic E-state index is -10.4. The van der Waals surface area contributed by atoms with Crippen LogP contribution in [0, 0.1) is 0 Å². The van der Waals surface area contributed by atoms with Crippen molar-refractivity contribution in [3.05, 3.63) is 0 Å². The summed E-state index contributed by atoms with van der Waals surface area (Å²) in [5, 5.41) is 0. The summed E-state index contributed by atoms with van der Waals surface area (Å²) < 4.78 is 153. The van der Waals surface area contributed by atoms with E-state index in [-0.39, 0.29) is 12.8 Å². The van der Waals surface area contributed by atoms with Gasteiger partial charge in [-0.05, 0) is 31.9 Å². The third-order valence-electron chi connectivity index (χ3n) is 22.2. The second kappa shape index (κ2) is 74.3. The first-order chi connectivity index (χ1) is 70.2. The molecule has 1 rings (SSSR count). The van der Waals surface area contributed by atoms with E-state index in [2.05, 4.69) is 6.92 Å². The predicted octanol–water partition coefficient (Wildman–Crippen LogP) is -36.1. The molecular formula is C25H97O61Si62. The highest BCUT2D eigenvalue weighted by Gasteiger charge is 3.09. The Morgan fingerprint density at radius 1 is 0.304 bits per heavy atom. The van der Waals surface area contributed by atoms with E-state index in [0.717, 1.165) is 96.8 Å². The van der Waals surface area contributed by atoms with Gasteiger partial charge >= 0.3 is 192 Å². The fourth-order valence-corrected chi connectivity index (χ4v) is 917. The van der Waals surface area contributed by atoms with Gasteiger partial charge in [0.15, 0.2) is 9.04 Å². The van der Waals surface area contributed by atoms with Crippen molar-refractivity contribution < 1.29 is 278 Å². The SMILES string of the molecule is CCCCCCCCCCCCCCCCCC[Si](C)(C)[Si](O)([Si]O)[Si](O[Si]O)(O[Si]([Si]1(O[Si](O[Si](O[Si]O)([Si]O)[Si]O)([Si](O[Si]O)([Si]O)[Si]O)[Si](O[Si]O)([Si]O)[Si]O)O[Si](C)(C)O[Si](C)C[Si](C)(O)[Si](O[Si]O)([Si]O)O[Si]1([Si](O[Si]O)([Si]O)[Si]O)[Si](O[Si]O)([Si]O)[Si]O)([Si](O[Si](O[Si]O)([Si]O)[Si]O)([Si](O[Si]O)([Si]O)[Si]O)[Si](O[Si]O)([Si]O)[Si]O)[Si](O[Si](O[Si]O)([Si]O)[Si]O)([Si](O[Si]O)([Si]O)[Si]O)[Si](O[Si]O)([Si]O)[Si]O)[Si]O. The average molecular weight is 3120 g/mol. The maximum Gasteiger partial charge on any atom is 0.420 e. The quantitative estimate of drug-likeness (QED) is 0.0199. The summed E-state index contributed by atoms with van der Waals surface area (Å²) in [6, 6.07) is -0.545. The average Bonchev–Trinajstić information content (AvgIpc) is 0.611. The summed E-state index contributed by atoms with van der Waals surface area (Å²) in [5.74, 6) is 0. The van der Waals surface area contributed by atoms with Gasteiger partial charge in [0.05, 0.1) is 7.59 Å². The molecule has 0 saturated carbocycles. The van der Waals surface area contributed by atoms with E-state index in [1.807, 2.05) is 0 Å². The van der Waals surface area contributed by atoms with Crippen molar-refractivity contribution >= 4 is 538 Å². The molecule has 5 unspecified atom stereocenters. The molecule has 0 bridgehead atoms. The van der Waals surface area contributed by atoms with Crippen molar-refractivity contribution in [2.45, 2.75) is 161 Å². The minimum absolute atomic E-state index is 0.104. The summed E-state index contributed by atoms with van der Waals surface area (Å²) in [4.78, 5) is 544. The third-order valence-corrected chi connectivity index (χ3v) is 526. The molecule has 811 valence electrons. The van der Waals surface area contributed by atoms with Crippen molar-refractivity contribution in [3.63, 3.8) is 0 Å². The molecule has 0 amide bonds. The molecule has 1 fully saturated rings. The highest BCUT2D eigenvalue weighted by atomic mass is 30.6. The van der Waals surface area contributed by atoms with Crippen molar-refractivity contribution in [2.75, 3.05) is 0 Å². The topological polar surface area (TPSA) is 1000 Å². The van der Waals surface area contributed by atoms with Gasteiger partial charge in [0.25, 0.3) is 102 Å². The fraction of sp³-hybridized carbons (Fsp3) is 1.00. The van der Waals surface area contributed by atoms with Crippen LogP contribution in [-0.4, -0.2) is 729 Å². The number of unbranched alkanes of at least 4 members (excludes halogenated alkanes) is 15. The van der Waals surface area contributed by atoms with Gasteiger partial charge in [0, 0.05) is 0 Å². The lowest BCUT2D eigenvalue weighted by molar-refractivity contribution is 0.291. The highest BCUT2D eigenvalue weighted by molar-refractivity contribution is 8.35. The normalized spacial score (nSPS) is 19.6. The molecule has 40 N–H and O–H groups in total. The second-order valence-electron chi connectivity index (χ2n) is 30.8. The zero-order chi connectivity index (χ0) is 114. The van der Waals surface area contributed by atoms with Crippen LogP contribution in [0.25, 0.3) is 0 Å². The smallest absolute Gasteiger partial charge is 0.420 e. The van der Waals surface area contributed by atoms with E-state index in [4.69, 9.17) is 86.4 Å². The Morgan fingerprint density at radius 2 is 0.588 bits per heavy atom. The van der Waals surface area contributed by atoms with Gasteiger partial charge in [0.2, 0.25) is 227 Å². The monoisotopic (exact) mass is 3110 g/mol. The fourth-order valence-electron chi connectivity index (χ4n) is 15.9. The van der Waals surface area contributed by atoms with Gasteiger partial charge in [0.1, 0.15) is 0 Å². The molecule has 61 nitrogen and oxygen atoms in total. The standard InChI is InChI=1S/C25H97O61Si62/c1-8-9-10-11-12-13-14-15-16-17-18-19-20-21-22-23-24-126(3,4)129(65,100-39)134(108-47,70-91-30)85-146(147(141(117-56,118-57)75-96-35,142(119-58,120-59)76-97-36)82-131(103-42,104-43)67-88-27,148(143(121-60,122-61)77-98-37,144(123-62,124-63)78-99-38)83-132(105-44,106-45)68-89-28)136(86-135(137(109-48,110-49)71-92-31,138(111-50,112-51)72-93-32)81-130(101-40,102-41)66-87-26)80-127(5,6)79-125(2)25-128(7,64)133(107-46,69-90-29)84-145(136,139(113-52,114-53)73-94-33)140(115-54,116-55)74-95-34/h26-65H,8-25H2,1-7H3. The number of hydrogen-bond donors (Lipinski definition) is 40. The van der Waals surface area contributed by atoms with E-state index >= 15 is 4.80 Å². The number of hydrogen-bond acceptors (Lipinski definition) is 61. The molecule has 0 aromatic carbocycles. The van der Waals surface area contributed by atoms with Gasteiger partial charge in [-0.3, -0.25) is 0 Å². The van der Waals surface area contributed by atoms with Crippen molar-refractivity contribution in [3.8, 4) is 0 Å². The van der Waals surface area contributed by atoms with Crippen LogP contribution >= 0.6 is 0 Å².